The zero-order valence-corrected chi connectivity index (χ0v) is 27.4. The van der Waals surface area contributed by atoms with Gasteiger partial charge in [-0.3, -0.25) is 19.6 Å². The summed E-state index contributed by atoms with van der Waals surface area (Å²) in [5, 5.41) is 12.2. The smallest absolute Gasteiger partial charge is 0.262 e. The molecule has 8 heteroatoms. The zero-order chi connectivity index (χ0) is 33.3. The minimum Gasteiger partial charge on any atom is -0.288 e. The molecule has 0 bridgehead atoms. The summed E-state index contributed by atoms with van der Waals surface area (Å²) in [5.41, 5.74) is 6.40. The van der Waals surface area contributed by atoms with Gasteiger partial charge in [-0.15, -0.1) is 0 Å². The molecule has 242 valence electrons. The summed E-state index contributed by atoms with van der Waals surface area (Å²) in [6.45, 7) is 5.04. The predicted octanol–water partition coefficient (Wildman–Crippen LogP) is 7.60. The minimum atomic E-state index is -0.513. The maximum Gasteiger partial charge on any atom is 0.262 e. The summed E-state index contributed by atoms with van der Waals surface area (Å²) in [4.78, 5) is 37.2. The number of hydrogen-bond acceptors (Lipinski definition) is 6. The van der Waals surface area contributed by atoms with Gasteiger partial charge in [0.15, 0.2) is 0 Å². The molecule has 0 spiro atoms. The van der Waals surface area contributed by atoms with Crippen molar-refractivity contribution in [2.45, 2.75) is 39.5 Å². The first-order valence-electron chi connectivity index (χ1n) is 16.6. The maximum absolute atomic E-state index is 13.6. The van der Waals surface area contributed by atoms with Gasteiger partial charge < -0.3 is 0 Å². The number of carbonyl (C=O) groups is 2. The summed E-state index contributed by atoms with van der Waals surface area (Å²) >= 11 is 0. The molecule has 4 aromatic carbocycles. The highest BCUT2D eigenvalue weighted by Gasteiger charge is 2.39. The summed E-state index contributed by atoms with van der Waals surface area (Å²) in [5.74, 6) is -1.19. The van der Waals surface area contributed by atoms with Crippen LogP contribution in [-0.4, -0.2) is 47.8 Å². The number of carbonyl (C=O) groups excluding carboxylic acids is 2. The van der Waals surface area contributed by atoms with E-state index in [0.717, 1.165) is 71.0 Å². The molecule has 2 aliphatic rings. The van der Waals surface area contributed by atoms with E-state index in [2.05, 4.69) is 10.2 Å². The fourth-order valence-corrected chi connectivity index (χ4v) is 6.16. The Morgan fingerprint density at radius 2 is 0.854 bits per heavy atom. The fraction of sp³-hybridized carbons (Fsp3) is 0.250. The third-order valence-corrected chi connectivity index (χ3v) is 8.58. The molecule has 0 radical (unpaired) electrons. The SMILES string of the molecule is CC1=NN(c2ccccc2)C(=O)C1C(=NCCCCCCN=C(c1ccccc1)C1C(=O)N(c2ccccc2)N=C1C)c1ccccc1. The van der Waals surface area contributed by atoms with Crippen molar-refractivity contribution in [3.05, 3.63) is 132 Å². The van der Waals surface area contributed by atoms with Crippen LogP contribution >= 0.6 is 0 Å². The van der Waals surface area contributed by atoms with Crippen LogP contribution in [0.3, 0.4) is 0 Å². The largest absolute Gasteiger partial charge is 0.288 e. The number of amides is 2. The molecule has 2 heterocycles. The van der Waals surface area contributed by atoms with Gasteiger partial charge in [0, 0.05) is 13.1 Å². The molecule has 0 saturated carbocycles. The Morgan fingerprint density at radius 1 is 0.521 bits per heavy atom. The van der Waals surface area contributed by atoms with Crippen molar-refractivity contribution >= 4 is 46.0 Å². The van der Waals surface area contributed by atoms with E-state index >= 15 is 0 Å². The Bertz CT molecular complexity index is 1700. The molecule has 2 aliphatic heterocycles. The number of hydrogen-bond donors (Lipinski definition) is 0. The fourth-order valence-electron chi connectivity index (χ4n) is 6.16. The number of nitrogens with zero attached hydrogens (tertiary/aromatic N) is 6. The molecule has 0 N–H and O–H groups in total. The normalized spacial score (nSPS) is 18.4. The van der Waals surface area contributed by atoms with Gasteiger partial charge in [0.2, 0.25) is 0 Å². The number of benzene rings is 4. The predicted molar refractivity (Wildman–Crippen MR) is 195 cm³/mol. The lowest BCUT2D eigenvalue weighted by Crippen LogP contribution is -2.33. The van der Waals surface area contributed by atoms with Crippen LogP contribution in [0.2, 0.25) is 0 Å². The lowest BCUT2D eigenvalue weighted by atomic mass is 9.92. The average Bonchev–Trinajstić information content (AvgIpc) is 3.60. The first kappa shape index (κ1) is 32.4. The molecule has 2 atom stereocenters. The number of unbranched alkanes of at least 4 members (excludes halogenated alkanes) is 3. The molecule has 0 aromatic heterocycles. The van der Waals surface area contributed by atoms with E-state index in [4.69, 9.17) is 9.98 Å². The van der Waals surface area contributed by atoms with Crippen LogP contribution in [0.4, 0.5) is 11.4 Å². The summed E-state index contributed by atoms with van der Waals surface area (Å²) in [6, 6.07) is 38.9. The number of rotatable bonds is 13. The molecule has 0 aliphatic carbocycles. The van der Waals surface area contributed by atoms with Crippen molar-refractivity contribution in [1.82, 2.24) is 0 Å². The first-order chi connectivity index (χ1) is 23.5. The molecule has 8 nitrogen and oxygen atoms in total. The van der Waals surface area contributed by atoms with Crippen molar-refractivity contribution < 1.29 is 9.59 Å². The molecule has 0 fully saturated rings. The van der Waals surface area contributed by atoms with Crippen LogP contribution in [0.5, 0.6) is 0 Å². The average molecular weight is 637 g/mol. The van der Waals surface area contributed by atoms with Crippen LogP contribution in [0.25, 0.3) is 0 Å². The summed E-state index contributed by atoms with van der Waals surface area (Å²) in [6.07, 6.45) is 3.75. The standard InChI is InChI=1S/C40H40N6O2/c1-29-35(39(47)45(43-29)33-23-13-7-14-24-33)37(31-19-9-5-10-20-31)41-27-17-3-4-18-28-42-38(32-21-11-6-12-22-32)36-30(2)44-46(40(36)48)34-25-15-8-16-26-34/h5-16,19-26,35-36H,3-4,17-18,27-28H2,1-2H3. The van der Waals surface area contributed by atoms with Crippen LogP contribution in [0, 0.1) is 11.8 Å². The quantitative estimate of drug-likeness (QED) is 0.112. The van der Waals surface area contributed by atoms with Gasteiger partial charge in [-0.1, -0.05) is 110 Å². The molecule has 2 unspecified atom stereocenters. The molecule has 0 saturated heterocycles. The lowest BCUT2D eigenvalue weighted by molar-refractivity contribution is -0.119. The highest BCUT2D eigenvalue weighted by atomic mass is 16.2. The van der Waals surface area contributed by atoms with Crippen molar-refractivity contribution in [2.24, 2.45) is 32.0 Å². The van der Waals surface area contributed by atoms with Crippen LogP contribution in [0.1, 0.15) is 50.7 Å². The lowest BCUT2D eigenvalue weighted by Gasteiger charge is -2.17. The van der Waals surface area contributed by atoms with Gasteiger partial charge in [0.1, 0.15) is 11.8 Å². The Kier molecular flexibility index (Phi) is 10.4. The van der Waals surface area contributed by atoms with Crippen LogP contribution in [-0.2, 0) is 9.59 Å². The molecule has 6 rings (SSSR count). The van der Waals surface area contributed by atoms with Gasteiger partial charge >= 0.3 is 0 Å². The Morgan fingerprint density at radius 3 is 1.21 bits per heavy atom. The molecule has 2 amide bonds. The second kappa shape index (κ2) is 15.4. The van der Waals surface area contributed by atoms with Crippen molar-refractivity contribution in [3.8, 4) is 0 Å². The van der Waals surface area contributed by atoms with Gasteiger partial charge in [0.05, 0.1) is 34.2 Å². The second-order valence-corrected chi connectivity index (χ2v) is 12.0. The summed E-state index contributed by atoms with van der Waals surface area (Å²) < 4.78 is 0. The van der Waals surface area contributed by atoms with Crippen molar-refractivity contribution in [1.29, 1.82) is 0 Å². The number of hydrazone groups is 2. The van der Waals surface area contributed by atoms with Gasteiger partial charge in [0.25, 0.3) is 11.8 Å². The number of anilines is 2. The van der Waals surface area contributed by atoms with Crippen LogP contribution in [0.15, 0.2) is 142 Å². The molecule has 4 aromatic rings. The van der Waals surface area contributed by atoms with E-state index in [-0.39, 0.29) is 11.8 Å². The highest BCUT2D eigenvalue weighted by Crippen LogP contribution is 2.28. The molecular formula is C40H40N6O2. The van der Waals surface area contributed by atoms with E-state index in [1.807, 2.05) is 135 Å². The zero-order valence-electron chi connectivity index (χ0n) is 27.4. The minimum absolute atomic E-state index is 0.0821. The first-order valence-corrected chi connectivity index (χ1v) is 16.6. The number of aliphatic imine (C=N–C) groups is 2. The van der Waals surface area contributed by atoms with Crippen molar-refractivity contribution in [3.63, 3.8) is 0 Å². The van der Waals surface area contributed by atoms with Gasteiger partial charge in [-0.2, -0.15) is 20.2 Å². The maximum atomic E-state index is 13.6. The second-order valence-electron chi connectivity index (χ2n) is 12.0. The Hall–Kier alpha value is -5.50. The summed E-state index contributed by atoms with van der Waals surface area (Å²) in [7, 11) is 0. The number of para-hydroxylation sites is 2. The Balaban J connectivity index is 1.08. The monoisotopic (exact) mass is 636 g/mol. The Labute approximate surface area is 282 Å². The highest BCUT2D eigenvalue weighted by molar-refractivity contribution is 6.32. The van der Waals surface area contributed by atoms with E-state index in [1.54, 1.807) is 0 Å². The van der Waals surface area contributed by atoms with E-state index < -0.39 is 11.8 Å². The topological polar surface area (TPSA) is 90.1 Å². The van der Waals surface area contributed by atoms with Crippen molar-refractivity contribution in [2.75, 3.05) is 23.1 Å². The third-order valence-electron chi connectivity index (χ3n) is 8.58. The van der Waals surface area contributed by atoms with Gasteiger partial charge in [-0.25, -0.2) is 0 Å². The van der Waals surface area contributed by atoms with Crippen LogP contribution < -0.4 is 10.0 Å². The molecular weight excluding hydrogens is 596 g/mol. The van der Waals surface area contributed by atoms with E-state index in [0.29, 0.717) is 13.1 Å². The van der Waals surface area contributed by atoms with E-state index in [1.165, 1.54) is 10.0 Å². The molecule has 48 heavy (non-hydrogen) atoms. The third kappa shape index (κ3) is 7.23. The van der Waals surface area contributed by atoms with E-state index in [9.17, 15) is 9.59 Å². The van der Waals surface area contributed by atoms with Gasteiger partial charge in [-0.05, 0) is 62.1 Å².